The SMILES string of the molecule is CCC(C(=O)NC)N(CCc1ccccc1)C(=O)COc1cc(C)ccc1C. The number of hydrogen-bond acceptors (Lipinski definition) is 3. The predicted octanol–water partition coefficient (Wildman–Crippen LogP) is 3.28. The third-order valence-corrected chi connectivity index (χ3v) is 4.81. The molecule has 2 aromatic carbocycles. The summed E-state index contributed by atoms with van der Waals surface area (Å²) in [6, 6.07) is 15.4. The van der Waals surface area contributed by atoms with Gasteiger partial charge in [0.25, 0.3) is 5.91 Å². The van der Waals surface area contributed by atoms with E-state index in [1.54, 1.807) is 11.9 Å². The quantitative estimate of drug-likeness (QED) is 0.724. The van der Waals surface area contributed by atoms with Gasteiger partial charge in [-0.3, -0.25) is 9.59 Å². The van der Waals surface area contributed by atoms with Crippen molar-refractivity contribution in [2.75, 3.05) is 20.2 Å². The zero-order chi connectivity index (χ0) is 20.5. The van der Waals surface area contributed by atoms with Crippen LogP contribution in [0.1, 0.15) is 30.0 Å². The molecule has 0 radical (unpaired) electrons. The zero-order valence-corrected chi connectivity index (χ0v) is 17.2. The van der Waals surface area contributed by atoms with Gasteiger partial charge in [-0.15, -0.1) is 0 Å². The van der Waals surface area contributed by atoms with Gasteiger partial charge in [0.1, 0.15) is 11.8 Å². The van der Waals surface area contributed by atoms with Gasteiger partial charge in [0.15, 0.2) is 6.61 Å². The molecule has 0 fully saturated rings. The highest BCUT2D eigenvalue weighted by molar-refractivity contribution is 5.88. The number of hydrogen-bond donors (Lipinski definition) is 1. The molecule has 0 aliphatic heterocycles. The minimum absolute atomic E-state index is 0.0907. The topological polar surface area (TPSA) is 58.6 Å². The molecule has 1 unspecified atom stereocenters. The summed E-state index contributed by atoms with van der Waals surface area (Å²) in [6.45, 7) is 6.22. The van der Waals surface area contributed by atoms with Gasteiger partial charge in [-0.1, -0.05) is 49.4 Å². The zero-order valence-electron chi connectivity index (χ0n) is 17.2. The van der Waals surface area contributed by atoms with E-state index in [4.69, 9.17) is 4.74 Å². The number of nitrogens with zero attached hydrogens (tertiary/aromatic N) is 1. The van der Waals surface area contributed by atoms with Crippen LogP contribution in [0.4, 0.5) is 0 Å². The fourth-order valence-electron chi connectivity index (χ4n) is 3.15. The van der Waals surface area contributed by atoms with Gasteiger partial charge in [0.05, 0.1) is 0 Å². The van der Waals surface area contributed by atoms with Crippen LogP contribution < -0.4 is 10.1 Å². The van der Waals surface area contributed by atoms with Crippen molar-refractivity contribution in [2.45, 2.75) is 39.7 Å². The average Bonchev–Trinajstić information content (AvgIpc) is 2.71. The van der Waals surface area contributed by atoms with Crippen LogP contribution in [0.5, 0.6) is 5.75 Å². The van der Waals surface area contributed by atoms with E-state index < -0.39 is 6.04 Å². The van der Waals surface area contributed by atoms with Crippen molar-refractivity contribution in [3.8, 4) is 5.75 Å². The van der Waals surface area contributed by atoms with Crippen molar-refractivity contribution in [3.05, 3.63) is 65.2 Å². The maximum absolute atomic E-state index is 13.0. The maximum atomic E-state index is 13.0. The molecule has 28 heavy (non-hydrogen) atoms. The van der Waals surface area contributed by atoms with Crippen LogP contribution in [-0.2, 0) is 16.0 Å². The molecule has 2 amide bonds. The molecule has 150 valence electrons. The van der Waals surface area contributed by atoms with Gasteiger partial charge in [0, 0.05) is 13.6 Å². The lowest BCUT2D eigenvalue weighted by Gasteiger charge is -2.30. The van der Waals surface area contributed by atoms with E-state index in [1.165, 1.54) is 0 Å². The van der Waals surface area contributed by atoms with Crippen molar-refractivity contribution in [2.24, 2.45) is 0 Å². The van der Waals surface area contributed by atoms with Gasteiger partial charge in [0.2, 0.25) is 5.91 Å². The minimum atomic E-state index is -0.511. The fraction of sp³-hybridized carbons (Fsp3) is 0.391. The Hall–Kier alpha value is -2.82. The first-order chi connectivity index (χ1) is 13.5. The Labute approximate surface area is 167 Å². The van der Waals surface area contributed by atoms with Gasteiger partial charge < -0.3 is 15.0 Å². The van der Waals surface area contributed by atoms with Crippen LogP contribution in [0, 0.1) is 13.8 Å². The van der Waals surface area contributed by atoms with E-state index >= 15 is 0 Å². The molecule has 0 aliphatic rings. The van der Waals surface area contributed by atoms with Crippen LogP contribution in [-0.4, -0.2) is 43.0 Å². The predicted molar refractivity (Wildman–Crippen MR) is 111 cm³/mol. The number of likely N-dealkylation sites (N-methyl/N-ethyl adjacent to an activating group) is 1. The second-order valence-electron chi connectivity index (χ2n) is 6.92. The molecule has 0 aromatic heterocycles. The van der Waals surface area contributed by atoms with Crippen molar-refractivity contribution in [1.29, 1.82) is 0 Å². The Morgan fingerprint density at radius 1 is 1.11 bits per heavy atom. The number of carbonyl (C=O) groups is 2. The lowest BCUT2D eigenvalue weighted by atomic mass is 10.1. The van der Waals surface area contributed by atoms with E-state index in [2.05, 4.69) is 5.32 Å². The third-order valence-electron chi connectivity index (χ3n) is 4.81. The molecule has 2 aromatic rings. The van der Waals surface area contributed by atoms with Crippen molar-refractivity contribution < 1.29 is 14.3 Å². The van der Waals surface area contributed by atoms with Crippen LogP contribution in [0.15, 0.2) is 48.5 Å². The molecule has 0 spiro atoms. The van der Waals surface area contributed by atoms with Gasteiger partial charge in [-0.25, -0.2) is 0 Å². The Morgan fingerprint density at radius 2 is 1.82 bits per heavy atom. The Bertz CT molecular complexity index is 790. The van der Waals surface area contributed by atoms with Crippen molar-refractivity contribution in [1.82, 2.24) is 10.2 Å². The highest BCUT2D eigenvalue weighted by Gasteiger charge is 2.27. The number of carbonyl (C=O) groups excluding carboxylic acids is 2. The van der Waals surface area contributed by atoms with Crippen LogP contribution in [0.25, 0.3) is 0 Å². The molecule has 0 heterocycles. The smallest absolute Gasteiger partial charge is 0.261 e. The maximum Gasteiger partial charge on any atom is 0.261 e. The molecular formula is C23H30N2O3. The Kier molecular flexibility index (Phi) is 8.05. The molecule has 5 nitrogen and oxygen atoms in total. The summed E-state index contributed by atoms with van der Waals surface area (Å²) >= 11 is 0. The summed E-state index contributed by atoms with van der Waals surface area (Å²) < 4.78 is 5.80. The summed E-state index contributed by atoms with van der Waals surface area (Å²) in [5, 5.41) is 2.67. The second kappa shape index (κ2) is 10.5. The van der Waals surface area contributed by atoms with Gasteiger partial charge in [-0.2, -0.15) is 0 Å². The summed E-state index contributed by atoms with van der Waals surface area (Å²) in [4.78, 5) is 26.9. The highest BCUT2D eigenvalue weighted by atomic mass is 16.5. The number of aryl methyl sites for hydroxylation is 2. The normalized spacial score (nSPS) is 11.6. The first kappa shape index (κ1) is 21.5. The lowest BCUT2D eigenvalue weighted by molar-refractivity contribution is -0.142. The summed E-state index contributed by atoms with van der Waals surface area (Å²) in [7, 11) is 1.59. The standard InChI is InChI=1S/C23H30N2O3/c1-5-20(23(27)24-4)25(14-13-19-9-7-6-8-10-19)22(26)16-28-21-15-17(2)11-12-18(21)3/h6-12,15,20H,5,13-14,16H2,1-4H3,(H,24,27). The molecule has 0 aliphatic carbocycles. The summed E-state index contributed by atoms with van der Waals surface area (Å²) in [5.41, 5.74) is 3.18. The Morgan fingerprint density at radius 3 is 2.46 bits per heavy atom. The monoisotopic (exact) mass is 382 g/mol. The van der Waals surface area contributed by atoms with Gasteiger partial charge in [-0.05, 0) is 49.4 Å². The number of nitrogens with one attached hydrogen (secondary N) is 1. The molecule has 0 bridgehead atoms. The minimum Gasteiger partial charge on any atom is -0.483 e. The number of ether oxygens (including phenoxy) is 1. The third kappa shape index (κ3) is 5.84. The molecule has 5 heteroatoms. The molecule has 1 atom stereocenters. The van der Waals surface area contributed by atoms with Crippen LogP contribution in [0.3, 0.4) is 0 Å². The second-order valence-corrected chi connectivity index (χ2v) is 6.92. The Balaban J connectivity index is 2.12. The van der Waals surface area contributed by atoms with E-state index in [-0.39, 0.29) is 18.4 Å². The lowest BCUT2D eigenvalue weighted by Crippen LogP contribution is -2.50. The largest absolute Gasteiger partial charge is 0.483 e. The van der Waals surface area contributed by atoms with E-state index in [9.17, 15) is 9.59 Å². The van der Waals surface area contributed by atoms with Crippen LogP contribution >= 0.6 is 0 Å². The van der Waals surface area contributed by atoms with Crippen molar-refractivity contribution in [3.63, 3.8) is 0 Å². The number of rotatable bonds is 9. The summed E-state index contributed by atoms with van der Waals surface area (Å²) in [5.74, 6) is 0.354. The average molecular weight is 383 g/mol. The molecular weight excluding hydrogens is 352 g/mol. The van der Waals surface area contributed by atoms with Crippen molar-refractivity contribution >= 4 is 11.8 Å². The first-order valence-corrected chi connectivity index (χ1v) is 9.71. The highest BCUT2D eigenvalue weighted by Crippen LogP contribution is 2.19. The molecule has 1 N–H and O–H groups in total. The van der Waals surface area contributed by atoms with Gasteiger partial charge >= 0.3 is 0 Å². The molecule has 2 rings (SSSR count). The van der Waals surface area contributed by atoms with Crippen LogP contribution in [0.2, 0.25) is 0 Å². The number of benzene rings is 2. The molecule has 0 saturated heterocycles. The number of amides is 2. The first-order valence-electron chi connectivity index (χ1n) is 9.71. The summed E-state index contributed by atoms with van der Waals surface area (Å²) in [6.07, 6.45) is 1.23. The molecule has 0 saturated carbocycles. The van der Waals surface area contributed by atoms with E-state index in [0.29, 0.717) is 25.1 Å². The van der Waals surface area contributed by atoms with E-state index in [1.807, 2.05) is 69.3 Å². The fourth-order valence-corrected chi connectivity index (χ4v) is 3.15. The van der Waals surface area contributed by atoms with E-state index in [0.717, 1.165) is 16.7 Å².